The van der Waals surface area contributed by atoms with Gasteiger partial charge in [0.15, 0.2) is 0 Å². The fourth-order valence-electron chi connectivity index (χ4n) is 2.99. The van der Waals surface area contributed by atoms with Crippen molar-refractivity contribution in [1.29, 1.82) is 0 Å². The first-order valence-electron chi connectivity index (χ1n) is 7.81. The molecule has 0 spiro atoms. The Hall–Kier alpha value is -1.35. The van der Waals surface area contributed by atoms with Crippen LogP contribution in [0.15, 0.2) is 30.3 Å². The van der Waals surface area contributed by atoms with Crippen molar-refractivity contribution in [2.75, 3.05) is 13.2 Å². The van der Waals surface area contributed by atoms with Crippen molar-refractivity contribution in [3.63, 3.8) is 0 Å². The van der Waals surface area contributed by atoms with Crippen molar-refractivity contribution in [1.82, 2.24) is 0 Å². The van der Waals surface area contributed by atoms with Gasteiger partial charge in [-0.3, -0.25) is 4.79 Å². The van der Waals surface area contributed by atoms with Gasteiger partial charge in [-0.05, 0) is 32.6 Å². The average molecular weight is 276 g/mol. The van der Waals surface area contributed by atoms with Crippen LogP contribution in [0.2, 0.25) is 0 Å². The molecule has 1 aliphatic rings. The number of ether oxygens (including phenoxy) is 1. The molecule has 2 N–H and O–H groups in total. The third kappa shape index (κ3) is 4.64. The van der Waals surface area contributed by atoms with Gasteiger partial charge in [0, 0.05) is 11.5 Å². The minimum Gasteiger partial charge on any atom is -0.466 e. The average Bonchev–Trinajstić information content (AvgIpc) is 2.49. The number of hydrogen-bond acceptors (Lipinski definition) is 2. The minimum absolute atomic E-state index is 0.0132. The molecule has 0 radical (unpaired) electrons. The molecule has 0 atom stereocenters. The smallest absolute Gasteiger partial charge is 0.308 e. The lowest BCUT2D eigenvalue weighted by molar-refractivity contribution is -0.676. The van der Waals surface area contributed by atoms with Crippen LogP contribution < -0.4 is 5.32 Å². The first-order chi connectivity index (χ1) is 9.79. The maximum atomic E-state index is 11.7. The summed E-state index contributed by atoms with van der Waals surface area (Å²) in [6.07, 6.45) is 4.33. The van der Waals surface area contributed by atoms with Crippen molar-refractivity contribution in [2.45, 2.75) is 39.2 Å². The lowest BCUT2D eigenvalue weighted by Gasteiger charge is -2.26. The van der Waals surface area contributed by atoms with Crippen LogP contribution >= 0.6 is 0 Å². The fourth-order valence-corrected chi connectivity index (χ4v) is 2.99. The van der Waals surface area contributed by atoms with Gasteiger partial charge in [0.25, 0.3) is 0 Å². The molecule has 1 saturated carbocycles. The molecule has 2 rings (SSSR count). The van der Waals surface area contributed by atoms with Crippen LogP contribution in [0.25, 0.3) is 0 Å². The largest absolute Gasteiger partial charge is 0.466 e. The molecule has 1 aliphatic carbocycles. The van der Waals surface area contributed by atoms with Gasteiger partial charge in [-0.2, -0.15) is 0 Å². The van der Waals surface area contributed by atoms with Gasteiger partial charge in [-0.15, -0.1) is 0 Å². The minimum atomic E-state index is 0.0132. The molecule has 0 saturated heterocycles. The standard InChI is InChI=1S/C17H25NO2/c1-2-20-17(19)16-10-8-15(9-11-16)13-18-12-14-6-4-3-5-7-14/h3-7,15-16,18H,2,8-13H2,1H3/p+1. The summed E-state index contributed by atoms with van der Waals surface area (Å²) in [4.78, 5) is 11.7. The Labute approximate surface area is 121 Å². The maximum absolute atomic E-state index is 11.7. The third-order valence-electron chi connectivity index (χ3n) is 4.19. The van der Waals surface area contributed by atoms with Crippen molar-refractivity contribution >= 4 is 5.97 Å². The van der Waals surface area contributed by atoms with Crippen molar-refractivity contribution in [3.8, 4) is 0 Å². The summed E-state index contributed by atoms with van der Waals surface area (Å²) in [5, 5.41) is 2.39. The van der Waals surface area contributed by atoms with Crippen molar-refractivity contribution in [3.05, 3.63) is 35.9 Å². The number of carbonyl (C=O) groups is 1. The molecule has 110 valence electrons. The SMILES string of the molecule is CCOC(=O)C1CCC(C[NH2+]Cc2ccccc2)CC1. The van der Waals surface area contributed by atoms with Gasteiger partial charge in [0.05, 0.1) is 19.1 Å². The number of carbonyl (C=O) groups excluding carboxylic acids is 1. The van der Waals surface area contributed by atoms with E-state index in [2.05, 4.69) is 35.6 Å². The molecule has 0 bridgehead atoms. The lowest BCUT2D eigenvalue weighted by Crippen LogP contribution is -2.84. The predicted octanol–water partition coefficient (Wildman–Crippen LogP) is 2.12. The van der Waals surface area contributed by atoms with Crippen LogP contribution in [0.3, 0.4) is 0 Å². The summed E-state index contributed by atoms with van der Waals surface area (Å²) in [7, 11) is 0. The van der Waals surface area contributed by atoms with E-state index in [1.807, 2.05) is 6.92 Å². The number of quaternary nitrogens is 1. The summed E-state index contributed by atoms with van der Waals surface area (Å²) >= 11 is 0. The van der Waals surface area contributed by atoms with Gasteiger partial charge in [-0.25, -0.2) is 0 Å². The maximum Gasteiger partial charge on any atom is 0.308 e. The molecule has 1 fully saturated rings. The molecule has 0 amide bonds. The summed E-state index contributed by atoms with van der Waals surface area (Å²) in [5.41, 5.74) is 1.38. The van der Waals surface area contributed by atoms with E-state index in [1.165, 1.54) is 12.1 Å². The fraction of sp³-hybridized carbons (Fsp3) is 0.588. The molecule has 1 aromatic rings. The zero-order chi connectivity index (χ0) is 14.2. The molecule has 0 aliphatic heterocycles. The van der Waals surface area contributed by atoms with Gasteiger partial charge in [0.1, 0.15) is 6.54 Å². The summed E-state index contributed by atoms with van der Waals surface area (Å²) < 4.78 is 5.11. The van der Waals surface area contributed by atoms with E-state index >= 15 is 0 Å². The highest BCUT2D eigenvalue weighted by Gasteiger charge is 2.27. The molecule has 20 heavy (non-hydrogen) atoms. The molecule has 0 unspecified atom stereocenters. The topological polar surface area (TPSA) is 42.9 Å². The molecular weight excluding hydrogens is 250 g/mol. The van der Waals surface area contributed by atoms with E-state index < -0.39 is 0 Å². The Morgan fingerprint density at radius 3 is 2.55 bits per heavy atom. The Kier molecular flexibility index (Phi) is 6.06. The monoisotopic (exact) mass is 276 g/mol. The molecule has 0 heterocycles. The third-order valence-corrected chi connectivity index (χ3v) is 4.19. The Morgan fingerprint density at radius 2 is 1.90 bits per heavy atom. The Bertz CT molecular complexity index is 397. The first kappa shape index (κ1) is 15.0. The summed E-state index contributed by atoms with van der Waals surface area (Å²) in [6, 6.07) is 10.6. The van der Waals surface area contributed by atoms with E-state index in [9.17, 15) is 4.79 Å². The summed E-state index contributed by atoms with van der Waals surface area (Å²) in [5.74, 6) is 0.920. The van der Waals surface area contributed by atoms with Crippen LogP contribution in [0.1, 0.15) is 38.2 Å². The number of nitrogens with two attached hydrogens (primary N) is 1. The number of hydrogen-bond donors (Lipinski definition) is 1. The highest BCUT2D eigenvalue weighted by atomic mass is 16.5. The molecule has 3 heteroatoms. The predicted molar refractivity (Wildman–Crippen MR) is 79.0 cm³/mol. The second-order valence-corrected chi connectivity index (χ2v) is 5.68. The van der Waals surface area contributed by atoms with Gasteiger partial charge in [-0.1, -0.05) is 30.3 Å². The lowest BCUT2D eigenvalue weighted by atomic mass is 9.82. The number of benzene rings is 1. The highest BCUT2D eigenvalue weighted by molar-refractivity contribution is 5.72. The van der Waals surface area contributed by atoms with Gasteiger partial charge >= 0.3 is 5.97 Å². The second-order valence-electron chi connectivity index (χ2n) is 5.68. The van der Waals surface area contributed by atoms with Gasteiger partial charge < -0.3 is 10.1 Å². The molecule has 3 nitrogen and oxygen atoms in total. The first-order valence-corrected chi connectivity index (χ1v) is 7.81. The molecule has 1 aromatic carbocycles. The normalized spacial score (nSPS) is 22.4. The zero-order valence-corrected chi connectivity index (χ0v) is 12.4. The second kappa shape index (κ2) is 8.05. The van der Waals surface area contributed by atoms with Crippen molar-refractivity contribution < 1.29 is 14.8 Å². The quantitative estimate of drug-likeness (QED) is 0.809. The van der Waals surface area contributed by atoms with Crippen LogP contribution in [-0.4, -0.2) is 19.1 Å². The van der Waals surface area contributed by atoms with E-state index in [1.54, 1.807) is 0 Å². The van der Waals surface area contributed by atoms with E-state index in [-0.39, 0.29) is 11.9 Å². The van der Waals surface area contributed by atoms with E-state index in [0.717, 1.165) is 38.1 Å². The van der Waals surface area contributed by atoms with Gasteiger partial charge in [0.2, 0.25) is 0 Å². The van der Waals surface area contributed by atoms with E-state index in [0.29, 0.717) is 6.61 Å². The van der Waals surface area contributed by atoms with Crippen LogP contribution in [0, 0.1) is 11.8 Å². The highest BCUT2D eigenvalue weighted by Crippen LogP contribution is 2.28. The molecule has 0 aromatic heterocycles. The Balaban J connectivity index is 1.63. The number of rotatable bonds is 6. The molecular formula is C17H26NO2+. The van der Waals surface area contributed by atoms with Crippen LogP contribution in [0.5, 0.6) is 0 Å². The number of esters is 1. The van der Waals surface area contributed by atoms with Crippen molar-refractivity contribution in [2.24, 2.45) is 11.8 Å². The van der Waals surface area contributed by atoms with E-state index in [4.69, 9.17) is 4.74 Å². The summed E-state index contributed by atoms with van der Waals surface area (Å²) in [6.45, 7) is 4.61. The Morgan fingerprint density at radius 1 is 1.20 bits per heavy atom. The van der Waals surface area contributed by atoms with Crippen LogP contribution in [0.4, 0.5) is 0 Å². The zero-order valence-electron chi connectivity index (χ0n) is 12.4. The van der Waals surface area contributed by atoms with Crippen LogP contribution in [-0.2, 0) is 16.1 Å².